The van der Waals surface area contributed by atoms with Gasteiger partial charge in [-0.25, -0.2) is 4.68 Å². The Hall–Kier alpha value is -0.900. The van der Waals surface area contributed by atoms with Gasteiger partial charge in [0, 0.05) is 19.5 Å². The fourth-order valence-corrected chi connectivity index (χ4v) is 2.35. The molecular formula is C11H20N4. The minimum Gasteiger partial charge on any atom is -0.311 e. The van der Waals surface area contributed by atoms with Crippen LogP contribution < -0.4 is 5.32 Å². The second kappa shape index (κ2) is 4.31. The van der Waals surface area contributed by atoms with Gasteiger partial charge in [-0.2, -0.15) is 0 Å². The second-order valence-corrected chi connectivity index (χ2v) is 4.57. The van der Waals surface area contributed by atoms with E-state index in [0.717, 1.165) is 31.6 Å². The molecule has 4 nitrogen and oxygen atoms in total. The molecule has 0 fully saturated rings. The Morgan fingerprint density at radius 1 is 1.47 bits per heavy atom. The zero-order valence-electron chi connectivity index (χ0n) is 9.82. The van der Waals surface area contributed by atoms with E-state index in [1.54, 1.807) is 0 Å². The number of hydrogen-bond donors (Lipinski definition) is 1. The first-order valence-electron chi connectivity index (χ1n) is 5.87. The van der Waals surface area contributed by atoms with Crippen molar-refractivity contribution in [1.82, 2.24) is 20.3 Å². The Kier molecular flexibility index (Phi) is 3.05. The van der Waals surface area contributed by atoms with Crippen molar-refractivity contribution in [2.75, 3.05) is 6.54 Å². The third kappa shape index (κ3) is 1.91. The fourth-order valence-electron chi connectivity index (χ4n) is 2.35. The molecule has 0 aromatic carbocycles. The van der Waals surface area contributed by atoms with Crippen molar-refractivity contribution >= 4 is 0 Å². The molecule has 0 bridgehead atoms. The third-order valence-electron chi connectivity index (χ3n) is 3.20. The molecule has 1 N–H and O–H groups in total. The van der Waals surface area contributed by atoms with Crippen LogP contribution in [0.2, 0.25) is 0 Å². The monoisotopic (exact) mass is 208 g/mol. The summed E-state index contributed by atoms with van der Waals surface area (Å²) in [7, 11) is 0. The fraction of sp³-hybridized carbons (Fsp3) is 0.818. The van der Waals surface area contributed by atoms with Gasteiger partial charge in [0.2, 0.25) is 0 Å². The van der Waals surface area contributed by atoms with E-state index in [0.29, 0.717) is 12.0 Å². The van der Waals surface area contributed by atoms with Crippen LogP contribution in [0.4, 0.5) is 0 Å². The highest BCUT2D eigenvalue weighted by molar-refractivity contribution is 5.14. The Morgan fingerprint density at radius 2 is 2.27 bits per heavy atom. The summed E-state index contributed by atoms with van der Waals surface area (Å²) in [5.41, 5.74) is 2.48. The summed E-state index contributed by atoms with van der Waals surface area (Å²) in [6.07, 6.45) is 2.19. The summed E-state index contributed by atoms with van der Waals surface area (Å²) in [5, 5.41) is 11.9. The Balaban J connectivity index is 2.31. The topological polar surface area (TPSA) is 42.7 Å². The molecule has 84 valence electrons. The Bertz CT molecular complexity index is 329. The summed E-state index contributed by atoms with van der Waals surface area (Å²) < 4.78 is 2.15. The third-order valence-corrected chi connectivity index (χ3v) is 3.20. The van der Waals surface area contributed by atoms with Crippen LogP contribution in [0.1, 0.15) is 44.6 Å². The van der Waals surface area contributed by atoms with Crippen LogP contribution in [0.15, 0.2) is 0 Å². The molecule has 15 heavy (non-hydrogen) atoms. The molecule has 2 rings (SSSR count). The maximum absolute atomic E-state index is 4.32. The molecule has 4 heteroatoms. The van der Waals surface area contributed by atoms with Gasteiger partial charge in [0.05, 0.1) is 17.4 Å². The highest BCUT2D eigenvalue weighted by Gasteiger charge is 2.22. The average molecular weight is 208 g/mol. The lowest BCUT2D eigenvalue weighted by Crippen LogP contribution is -2.27. The summed E-state index contributed by atoms with van der Waals surface area (Å²) >= 11 is 0. The first kappa shape index (κ1) is 10.6. The molecule has 0 radical (unpaired) electrons. The number of fused-ring (bicyclic) bond motifs is 1. The van der Waals surface area contributed by atoms with Gasteiger partial charge < -0.3 is 5.32 Å². The van der Waals surface area contributed by atoms with E-state index in [1.165, 1.54) is 5.69 Å². The number of nitrogens with zero attached hydrogens (tertiary/aromatic N) is 3. The van der Waals surface area contributed by atoms with E-state index >= 15 is 0 Å². The standard InChI is InChI=1S/C11H20N4/c1-4-10(8(2)3)15-11-5-6-12-7-9(11)13-14-15/h8,10,12H,4-7H2,1-3H3. The quantitative estimate of drug-likeness (QED) is 0.819. The molecule has 1 aromatic heterocycles. The van der Waals surface area contributed by atoms with Crippen LogP contribution in [-0.2, 0) is 13.0 Å². The minimum atomic E-state index is 0.499. The highest BCUT2D eigenvalue weighted by Crippen LogP contribution is 2.24. The smallest absolute Gasteiger partial charge is 0.0997 e. The van der Waals surface area contributed by atoms with Gasteiger partial charge >= 0.3 is 0 Å². The average Bonchev–Trinajstić information content (AvgIpc) is 2.63. The summed E-state index contributed by atoms with van der Waals surface area (Å²) in [6.45, 7) is 8.66. The van der Waals surface area contributed by atoms with Crippen molar-refractivity contribution in [2.45, 2.75) is 46.2 Å². The minimum absolute atomic E-state index is 0.499. The van der Waals surface area contributed by atoms with Gasteiger partial charge in [-0.15, -0.1) is 5.10 Å². The van der Waals surface area contributed by atoms with Crippen molar-refractivity contribution in [3.05, 3.63) is 11.4 Å². The van der Waals surface area contributed by atoms with E-state index in [1.807, 2.05) is 0 Å². The predicted octanol–water partition coefficient (Wildman–Crippen LogP) is 1.53. The van der Waals surface area contributed by atoms with Gasteiger partial charge in [0.1, 0.15) is 0 Å². The molecule has 2 heterocycles. The predicted molar refractivity (Wildman–Crippen MR) is 59.6 cm³/mol. The van der Waals surface area contributed by atoms with E-state index < -0.39 is 0 Å². The molecule has 0 saturated heterocycles. The first-order chi connectivity index (χ1) is 7.24. The van der Waals surface area contributed by atoms with Crippen LogP contribution in [0, 0.1) is 5.92 Å². The van der Waals surface area contributed by atoms with Crippen LogP contribution >= 0.6 is 0 Å². The van der Waals surface area contributed by atoms with Crippen LogP contribution in [0.3, 0.4) is 0 Å². The van der Waals surface area contributed by atoms with Crippen LogP contribution in [-0.4, -0.2) is 21.5 Å². The summed E-state index contributed by atoms with van der Waals surface area (Å²) in [5.74, 6) is 0.621. The SMILES string of the molecule is CCC(C(C)C)n1nnc2c1CCNC2. The maximum atomic E-state index is 4.32. The number of aromatic nitrogens is 3. The lowest BCUT2D eigenvalue weighted by atomic mass is 10.0. The molecule has 0 spiro atoms. The van der Waals surface area contributed by atoms with E-state index in [9.17, 15) is 0 Å². The lowest BCUT2D eigenvalue weighted by molar-refractivity contribution is 0.321. The van der Waals surface area contributed by atoms with Gasteiger partial charge in [-0.05, 0) is 12.3 Å². The molecular weight excluding hydrogens is 188 g/mol. The van der Waals surface area contributed by atoms with Gasteiger partial charge in [0.15, 0.2) is 0 Å². The highest BCUT2D eigenvalue weighted by atomic mass is 15.4. The number of hydrogen-bond acceptors (Lipinski definition) is 3. The van der Waals surface area contributed by atoms with Gasteiger partial charge in [0.25, 0.3) is 0 Å². The van der Waals surface area contributed by atoms with E-state index in [2.05, 4.69) is 41.1 Å². The molecule has 1 unspecified atom stereocenters. The van der Waals surface area contributed by atoms with Crippen molar-refractivity contribution < 1.29 is 0 Å². The molecule has 1 aliphatic heterocycles. The molecule has 0 saturated carbocycles. The van der Waals surface area contributed by atoms with Crippen molar-refractivity contribution in [3.63, 3.8) is 0 Å². The maximum Gasteiger partial charge on any atom is 0.0997 e. The molecule has 1 aromatic rings. The first-order valence-corrected chi connectivity index (χ1v) is 5.87. The molecule has 1 aliphatic rings. The van der Waals surface area contributed by atoms with Crippen molar-refractivity contribution in [2.24, 2.45) is 5.92 Å². The van der Waals surface area contributed by atoms with Crippen molar-refractivity contribution in [1.29, 1.82) is 0 Å². The number of rotatable bonds is 3. The van der Waals surface area contributed by atoms with Crippen LogP contribution in [0.25, 0.3) is 0 Å². The normalized spacial score (nSPS) is 17.9. The summed E-state index contributed by atoms with van der Waals surface area (Å²) in [4.78, 5) is 0. The summed E-state index contributed by atoms with van der Waals surface area (Å²) in [6, 6.07) is 0.499. The molecule has 1 atom stereocenters. The van der Waals surface area contributed by atoms with Gasteiger partial charge in [-0.3, -0.25) is 0 Å². The Morgan fingerprint density at radius 3 is 2.93 bits per heavy atom. The molecule has 0 aliphatic carbocycles. The van der Waals surface area contributed by atoms with Crippen LogP contribution in [0.5, 0.6) is 0 Å². The Labute approximate surface area is 91.1 Å². The largest absolute Gasteiger partial charge is 0.311 e. The van der Waals surface area contributed by atoms with Crippen molar-refractivity contribution in [3.8, 4) is 0 Å². The second-order valence-electron chi connectivity index (χ2n) is 4.57. The lowest BCUT2D eigenvalue weighted by Gasteiger charge is -2.23. The number of nitrogens with one attached hydrogen (secondary N) is 1. The van der Waals surface area contributed by atoms with E-state index in [-0.39, 0.29) is 0 Å². The zero-order valence-corrected chi connectivity index (χ0v) is 9.82. The zero-order chi connectivity index (χ0) is 10.8. The van der Waals surface area contributed by atoms with Gasteiger partial charge in [-0.1, -0.05) is 26.0 Å². The molecule has 0 amide bonds. The van der Waals surface area contributed by atoms with E-state index in [4.69, 9.17) is 0 Å².